The first kappa shape index (κ1) is 18.8. The molecule has 0 fully saturated rings. The third kappa shape index (κ3) is 4.15. The van der Waals surface area contributed by atoms with Crippen LogP contribution in [0.25, 0.3) is 0 Å². The van der Waals surface area contributed by atoms with Crippen LogP contribution in [0.4, 0.5) is 14.5 Å². The van der Waals surface area contributed by atoms with Crippen LogP contribution in [-0.2, 0) is 4.79 Å². The van der Waals surface area contributed by atoms with E-state index >= 15 is 0 Å². The van der Waals surface area contributed by atoms with E-state index in [1.54, 1.807) is 6.07 Å². The van der Waals surface area contributed by atoms with Gasteiger partial charge in [-0.05, 0) is 25.0 Å². The summed E-state index contributed by atoms with van der Waals surface area (Å²) in [5.74, 6) is -0.216. The number of hydrogen-bond donors (Lipinski definition) is 2. The second-order valence-corrected chi connectivity index (χ2v) is 4.57. The highest BCUT2D eigenvalue weighted by Gasteiger charge is 2.33. The summed E-state index contributed by atoms with van der Waals surface area (Å²) in [6, 6.07) is 5.71. The van der Waals surface area contributed by atoms with E-state index in [2.05, 4.69) is 5.32 Å². The lowest BCUT2D eigenvalue weighted by molar-refractivity contribution is -0.125. The van der Waals surface area contributed by atoms with Crippen molar-refractivity contribution in [3.63, 3.8) is 0 Å². The first-order valence-corrected chi connectivity index (χ1v) is 6.38. The van der Waals surface area contributed by atoms with Crippen LogP contribution in [0.3, 0.4) is 0 Å². The third-order valence-electron chi connectivity index (χ3n) is 3.62. The van der Waals surface area contributed by atoms with Crippen LogP contribution in [-0.4, -0.2) is 12.5 Å². The Labute approximate surface area is 124 Å². The van der Waals surface area contributed by atoms with E-state index in [1.807, 2.05) is 13.8 Å². The molecular formula is C14H21ClF2N2O. The normalized spacial score (nSPS) is 11.1. The Morgan fingerprint density at radius 1 is 1.35 bits per heavy atom. The number of benzene rings is 1. The number of halogens is 3. The molecule has 0 saturated carbocycles. The summed E-state index contributed by atoms with van der Waals surface area (Å²) < 4.78 is 25.2. The fraction of sp³-hybridized carbons (Fsp3) is 0.500. The van der Waals surface area contributed by atoms with Gasteiger partial charge in [-0.1, -0.05) is 26.0 Å². The molecule has 0 aliphatic heterocycles. The number of nitrogens with two attached hydrogens (primary N) is 1. The molecule has 1 amide bonds. The molecule has 1 aromatic rings. The van der Waals surface area contributed by atoms with Crippen LogP contribution >= 0.6 is 12.4 Å². The number of rotatable bonds is 6. The molecule has 3 N–H and O–H groups in total. The summed E-state index contributed by atoms with van der Waals surface area (Å²) in [4.78, 5) is 12.2. The largest absolute Gasteiger partial charge is 0.329 e. The zero-order chi connectivity index (χ0) is 14.5. The number of hydrogen-bond acceptors (Lipinski definition) is 2. The number of carbonyl (C=O) groups excluding carboxylic acids is 1. The Morgan fingerprint density at radius 3 is 2.40 bits per heavy atom. The zero-order valence-electron chi connectivity index (χ0n) is 11.7. The van der Waals surface area contributed by atoms with Crippen molar-refractivity contribution >= 4 is 24.0 Å². The van der Waals surface area contributed by atoms with Gasteiger partial charge in [0.05, 0.1) is 5.41 Å². The molecule has 0 bridgehead atoms. The van der Waals surface area contributed by atoms with E-state index in [-0.39, 0.29) is 30.4 Å². The van der Waals surface area contributed by atoms with Gasteiger partial charge in [-0.15, -0.1) is 12.4 Å². The van der Waals surface area contributed by atoms with E-state index in [9.17, 15) is 13.6 Å². The zero-order valence-corrected chi connectivity index (χ0v) is 12.5. The molecule has 0 saturated heterocycles. The lowest BCUT2D eigenvalue weighted by Crippen LogP contribution is -2.41. The summed E-state index contributed by atoms with van der Waals surface area (Å²) in [6.45, 7) is 4.03. The van der Waals surface area contributed by atoms with Gasteiger partial charge in [0.25, 0.3) is 6.43 Å². The fourth-order valence-electron chi connectivity index (χ4n) is 1.97. The predicted octanol–water partition coefficient (Wildman–Crippen LogP) is 3.75. The van der Waals surface area contributed by atoms with Crippen molar-refractivity contribution in [3.05, 3.63) is 29.8 Å². The highest BCUT2D eigenvalue weighted by Crippen LogP contribution is 2.28. The average Bonchev–Trinajstić information content (AvgIpc) is 2.41. The molecule has 0 spiro atoms. The van der Waals surface area contributed by atoms with Crippen LogP contribution in [0.5, 0.6) is 0 Å². The molecule has 3 nitrogen and oxygen atoms in total. The Balaban J connectivity index is 0.00000361. The molecule has 0 atom stereocenters. The molecule has 1 aromatic carbocycles. The molecular weight excluding hydrogens is 286 g/mol. The maximum atomic E-state index is 12.6. The van der Waals surface area contributed by atoms with Gasteiger partial charge >= 0.3 is 0 Å². The second kappa shape index (κ2) is 8.17. The molecule has 0 aliphatic rings. The van der Waals surface area contributed by atoms with Crippen molar-refractivity contribution in [1.29, 1.82) is 0 Å². The number of amides is 1. The Kier molecular flexibility index (Phi) is 7.68. The number of anilines is 1. The number of carbonyl (C=O) groups is 1. The van der Waals surface area contributed by atoms with Crippen LogP contribution in [0, 0.1) is 5.41 Å². The molecule has 0 unspecified atom stereocenters. The van der Waals surface area contributed by atoms with Crippen molar-refractivity contribution < 1.29 is 13.6 Å². The van der Waals surface area contributed by atoms with Crippen molar-refractivity contribution in [2.24, 2.45) is 11.1 Å². The van der Waals surface area contributed by atoms with Gasteiger partial charge in [0, 0.05) is 17.8 Å². The van der Waals surface area contributed by atoms with Gasteiger partial charge in [-0.3, -0.25) is 4.79 Å². The Hall–Kier alpha value is -1.20. The van der Waals surface area contributed by atoms with E-state index in [4.69, 9.17) is 5.73 Å². The molecule has 0 aliphatic carbocycles. The first-order valence-electron chi connectivity index (χ1n) is 6.38. The van der Waals surface area contributed by atoms with Crippen molar-refractivity contribution in [1.82, 2.24) is 0 Å². The summed E-state index contributed by atoms with van der Waals surface area (Å²) >= 11 is 0. The van der Waals surface area contributed by atoms with Gasteiger partial charge in [0.2, 0.25) is 5.91 Å². The van der Waals surface area contributed by atoms with Gasteiger partial charge < -0.3 is 11.1 Å². The smallest absolute Gasteiger partial charge is 0.263 e. The van der Waals surface area contributed by atoms with E-state index in [0.717, 1.165) is 0 Å². The molecule has 114 valence electrons. The van der Waals surface area contributed by atoms with Crippen molar-refractivity contribution in [2.75, 3.05) is 11.9 Å². The van der Waals surface area contributed by atoms with E-state index in [0.29, 0.717) is 18.5 Å². The van der Waals surface area contributed by atoms with Gasteiger partial charge in [0.1, 0.15) is 0 Å². The fourth-order valence-corrected chi connectivity index (χ4v) is 1.97. The molecule has 20 heavy (non-hydrogen) atoms. The summed E-state index contributed by atoms with van der Waals surface area (Å²) in [6.07, 6.45) is -1.32. The monoisotopic (exact) mass is 306 g/mol. The Morgan fingerprint density at radius 2 is 1.95 bits per heavy atom. The standard InChI is InChI=1S/C14H20F2N2O.ClH/c1-3-14(4-2,9-17)13(19)18-11-7-5-6-10(8-11)12(15)16;/h5-8,12H,3-4,9,17H2,1-2H3,(H,18,19);1H. The number of alkyl halides is 2. The molecule has 1 rings (SSSR count). The highest BCUT2D eigenvalue weighted by molar-refractivity contribution is 5.95. The van der Waals surface area contributed by atoms with E-state index in [1.165, 1.54) is 18.2 Å². The molecule has 0 heterocycles. The van der Waals surface area contributed by atoms with Crippen LogP contribution in [0.15, 0.2) is 24.3 Å². The third-order valence-corrected chi connectivity index (χ3v) is 3.62. The summed E-state index contributed by atoms with van der Waals surface area (Å²) in [7, 11) is 0. The lowest BCUT2D eigenvalue weighted by Gasteiger charge is -2.28. The maximum Gasteiger partial charge on any atom is 0.263 e. The molecule has 0 aromatic heterocycles. The predicted molar refractivity (Wildman–Crippen MR) is 79.3 cm³/mol. The lowest BCUT2D eigenvalue weighted by atomic mass is 9.81. The van der Waals surface area contributed by atoms with Crippen LogP contribution in [0.2, 0.25) is 0 Å². The minimum atomic E-state index is -2.55. The topological polar surface area (TPSA) is 55.1 Å². The van der Waals surface area contributed by atoms with Gasteiger partial charge in [-0.2, -0.15) is 0 Å². The SMILES string of the molecule is CCC(CC)(CN)C(=O)Nc1cccc(C(F)F)c1.Cl. The van der Waals surface area contributed by atoms with Crippen molar-refractivity contribution in [3.8, 4) is 0 Å². The molecule has 6 heteroatoms. The quantitative estimate of drug-likeness (QED) is 0.841. The highest BCUT2D eigenvalue weighted by atomic mass is 35.5. The average molecular weight is 307 g/mol. The van der Waals surface area contributed by atoms with Gasteiger partial charge in [0.15, 0.2) is 0 Å². The van der Waals surface area contributed by atoms with Gasteiger partial charge in [-0.25, -0.2) is 8.78 Å². The van der Waals surface area contributed by atoms with Crippen LogP contribution < -0.4 is 11.1 Å². The first-order chi connectivity index (χ1) is 8.99. The minimum Gasteiger partial charge on any atom is -0.329 e. The summed E-state index contributed by atoms with van der Waals surface area (Å²) in [5, 5.41) is 2.68. The molecule has 0 radical (unpaired) electrons. The summed E-state index contributed by atoms with van der Waals surface area (Å²) in [5.41, 5.74) is 5.31. The maximum absolute atomic E-state index is 12.6. The van der Waals surface area contributed by atoms with E-state index < -0.39 is 11.8 Å². The Bertz CT molecular complexity index is 429. The van der Waals surface area contributed by atoms with Crippen molar-refractivity contribution in [2.45, 2.75) is 33.1 Å². The number of nitrogens with one attached hydrogen (secondary N) is 1. The second-order valence-electron chi connectivity index (χ2n) is 4.57. The minimum absolute atomic E-state index is 0. The van der Waals surface area contributed by atoms with Crippen LogP contribution in [0.1, 0.15) is 38.7 Å².